The van der Waals surface area contributed by atoms with Crippen LogP contribution in [0, 0.1) is 19.7 Å². The molecule has 0 aliphatic rings. The minimum Gasteiger partial charge on any atom is -0.306 e. The topological polar surface area (TPSA) is 12.0 Å². The second-order valence-corrected chi connectivity index (χ2v) is 6.26. The number of benzene rings is 1. The lowest BCUT2D eigenvalue weighted by atomic mass is 10.0. The Morgan fingerprint density at radius 1 is 1.32 bits per heavy atom. The summed E-state index contributed by atoms with van der Waals surface area (Å²) >= 11 is 7.66. The first kappa shape index (κ1) is 14.5. The molecule has 0 radical (unpaired) electrons. The predicted molar refractivity (Wildman–Crippen MR) is 80.7 cm³/mol. The molecule has 0 fully saturated rings. The van der Waals surface area contributed by atoms with Crippen molar-refractivity contribution in [2.45, 2.75) is 26.8 Å². The number of thiophene rings is 1. The van der Waals surface area contributed by atoms with Gasteiger partial charge in [-0.3, -0.25) is 0 Å². The van der Waals surface area contributed by atoms with Gasteiger partial charge in [-0.15, -0.1) is 11.3 Å². The van der Waals surface area contributed by atoms with Gasteiger partial charge in [-0.05, 0) is 49.7 Å². The van der Waals surface area contributed by atoms with Crippen molar-refractivity contribution < 1.29 is 4.39 Å². The summed E-state index contributed by atoms with van der Waals surface area (Å²) in [6.45, 7) is 7.11. The summed E-state index contributed by atoms with van der Waals surface area (Å²) < 4.78 is 13.3. The van der Waals surface area contributed by atoms with Crippen molar-refractivity contribution in [1.29, 1.82) is 0 Å². The van der Waals surface area contributed by atoms with Gasteiger partial charge >= 0.3 is 0 Å². The van der Waals surface area contributed by atoms with E-state index in [2.05, 4.69) is 32.2 Å². The molecule has 102 valence electrons. The Balaban J connectivity index is 2.44. The van der Waals surface area contributed by atoms with E-state index >= 15 is 0 Å². The van der Waals surface area contributed by atoms with Crippen molar-refractivity contribution in [2.24, 2.45) is 0 Å². The van der Waals surface area contributed by atoms with Crippen molar-refractivity contribution in [3.8, 4) is 0 Å². The van der Waals surface area contributed by atoms with Gasteiger partial charge in [-0.1, -0.05) is 24.6 Å². The highest BCUT2D eigenvalue weighted by Crippen LogP contribution is 2.33. The van der Waals surface area contributed by atoms with Gasteiger partial charge in [0.1, 0.15) is 5.82 Å². The van der Waals surface area contributed by atoms with Crippen LogP contribution in [0.15, 0.2) is 24.3 Å². The molecule has 0 aliphatic carbocycles. The lowest BCUT2D eigenvalue weighted by Gasteiger charge is -2.18. The summed E-state index contributed by atoms with van der Waals surface area (Å²) in [5.41, 5.74) is 2.26. The van der Waals surface area contributed by atoms with Crippen molar-refractivity contribution in [3.63, 3.8) is 0 Å². The predicted octanol–water partition coefficient (Wildman–Crippen LogP) is 4.86. The Kier molecular flexibility index (Phi) is 4.61. The lowest BCUT2D eigenvalue weighted by Crippen LogP contribution is -2.21. The molecule has 0 amide bonds. The van der Waals surface area contributed by atoms with Gasteiger partial charge in [0.05, 0.1) is 11.1 Å². The summed E-state index contributed by atoms with van der Waals surface area (Å²) in [6.07, 6.45) is 0. The van der Waals surface area contributed by atoms with Crippen LogP contribution in [0.3, 0.4) is 0 Å². The molecule has 1 unspecified atom stereocenters. The molecule has 2 rings (SSSR count). The van der Waals surface area contributed by atoms with Crippen molar-refractivity contribution in [1.82, 2.24) is 5.32 Å². The van der Waals surface area contributed by atoms with Gasteiger partial charge in [0.25, 0.3) is 0 Å². The summed E-state index contributed by atoms with van der Waals surface area (Å²) in [4.78, 5) is 2.55. The van der Waals surface area contributed by atoms with Crippen LogP contribution in [0.1, 0.15) is 33.8 Å². The standard InChI is InChI=1S/C15H17ClFNS/c1-4-18-14(15-9(2)7-10(3)19-15)11-5-6-13(17)12(16)8-11/h5-8,14,18H,4H2,1-3H3. The van der Waals surface area contributed by atoms with Crippen molar-refractivity contribution in [3.05, 3.63) is 56.0 Å². The first-order chi connectivity index (χ1) is 9.02. The zero-order valence-corrected chi connectivity index (χ0v) is 12.8. The number of hydrogen-bond donors (Lipinski definition) is 1. The molecule has 1 heterocycles. The monoisotopic (exact) mass is 297 g/mol. The van der Waals surface area contributed by atoms with E-state index in [0.29, 0.717) is 0 Å². The van der Waals surface area contributed by atoms with E-state index in [0.717, 1.165) is 12.1 Å². The number of aryl methyl sites for hydroxylation is 2. The second-order valence-electron chi connectivity index (χ2n) is 4.57. The van der Waals surface area contributed by atoms with E-state index in [1.54, 1.807) is 23.5 Å². The van der Waals surface area contributed by atoms with Gasteiger partial charge in [0.15, 0.2) is 0 Å². The minimum atomic E-state index is -0.375. The lowest BCUT2D eigenvalue weighted by molar-refractivity contribution is 0.616. The van der Waals surface area contributed by atoms with Crippen LogP contribution in [-0.4, -0.2) is 6.54 Å². The highest BCUT2D eigenvalue weighted by Gasteiger charge is 2.18. The number of nitrogens with one attached hydrogen (secondary N) is 1. The van der Waals surface area contributed by atoms with Crippen LogP contribution in [-0.2, 0) is 0 Å². The SMILES string of the molecule is CCNC(c1ccc(F)c(Cl)c1)c1sc(C)cc1C. The quantitative estimate of drug-likeness (QED) is 0.850. The molecular formula is C15H17ClFNS. The molecule has 2 aromatic rings. The molecule has 0 bridgehead atoms. The fourth-order valence-corrected chi connectivity index (χ4v) is 3.53. The summed E-state index contributed by atoms with van der Waals surface area (Å²) in [7, 11) is 0. The molecule has 0 saturated heterocycles. The zero-order chi connectivity index (χ0) is 14.0. The largest absolute Gasteiger partial charge is 0.306 e. The summed E-state index contributed by atoms with van der Waals surface area (Å²) in [6, 6.07) is 7.18. The molecule has 1 aromatic heterocycles. The third-order valence-electron chi connectivity index (χ3n) is 3.03. The molecule has 0 saturated carbocycles. The molecule has 1 atom stereocenters. The van der Waals surface area contributed by atoms with Gasteiger partial charge in [0, 0.05) is 9.75 Å². The fourth-order valence-electron chi connectivity index (χ4n) is 2.20. The third-order valence-corrected chi connectivity index (χ3v) is 4.53. The Morgan fingerprint density at radius 3 is 2.58 bits per heavy atom. The Bertz CT molecular complexity index is 580. The molecule has 1 nitrogen and oxygen atoms in total. The molecule has 1 aromatic carbocycles. The van der Waals surface area contributed by atoms with Crippen molar-refractivity contribution in [2.75, 3.05) is 6.54 Å². The number of hydrogen-bond acceptors (Lipinski definition) is 2. The smallest absolute Gasteiger partial charge is 0.141 e. The van der Waals surface area contributed by atoms with Gasteiger partial charge < -0.3 is 5.32 Å². The minimum absolute atomic E-state index is 0.0711. The number of halogens is 2. The highest BCUT2D eigenvalue weighted by molar-refractivity contribution is 7.12. The van der Waals surface area contributed by atoms with Crippen molar-refractivity contribution >= 4 is 22.9 Å². The average Bonchev–Trinajstić information content (AvgIpc) is 2.69. The van der Waals surface area contributed by atoms with Crippen LogP contribution in [0.5, 0.6) is 0 Å². The molecule has 0 spiro atoms. The van der Waals surface area contributed by atoms with Gasteiger partial charge in [0.2, 0.25) is 0 Å². The number of rotatable bonds is 4. The van der Waals surface area contributed by atoms with E-state index in [1.165, 1.54) is 21.4 Å². The van der Waals surface area contributed by atoms with E-state index in [4.69, 9.17) is 11.6 Å². The molecule has 19 heavy (non-hydrogen) atoms. The first-order valence-electron chi connectivity index (χ1n) is 6.28. The average molecular weight is 298 g/mol. The van der Waals surface area contributed by atoms with Gasteiger partial charge in [-0.2, -0.15) is 0 Å². The summed E-state index contributed by atoms with van der Waals surface area (Å²) in [5, 5.41) is 3.62. The molecular weight excluding hydrogens is 281 g/mol. The van der Waals surface area contributed by atoms with Crippen LogP contribution in [0.4, 0.5) is 4.39 Å². The van der Waals surface area contributed by atoms with Crippen LogP contribution in [0.2, 0.25) is 5.02 Å². The molecule has 0 aliphatic heterocycles. The van der Waals surface area contributed by atoms with Crippen LogP contribution >= 0.6 is 22.9 Å². The van der Waals surface area contributed by atoms with E-state index in [1.807, 2.05) is 0 Å². The molecule has 1 N–H and O–H groups in total. The maximum Gasteiger partial charge on any atom is 0.141 e. The van der Waals surface area contributed by atoms with Crippen LogP contribution < -0.4 is 5.32 Å². The zero-order valence-electron chi connectivity index (χ0n) is 11.3. The summed E-state index contributed by atoms with van der Waals surface area (Å²) in [5.74, 6) is -0.375. The van der Waals surface area contributed by atoms with E-state index in [9.17, 15) is 4.39 Å². The fraction of sp³-hybridized carbons (Fsp3) is 0.333. The molecule has 4 heteroatoms. The highest BCUT2D eigenvalue weighted by atomic mass is 35.5. The third kappa shape index (κ3) is 3.16. The Morgan fingerprint density at radius 2 is 2.05 bits per heavy atom. The Hall–Kier alpha value is -0.900. The second kappa shape index (κ2) is 6.04. The maximum atomic E-state index is 13.3. The maximum absolute atomic E-state index is 13.3. The van der Waals surface area contributed by atoms with E-state index < -0.39 is 0 Å². The van der Waals surface area contributed by atoms with E-state index in [-0.39, 0.29) is 16.9 Å². The van der Waals surface area contributed by atoms with Gasteiger partial charge in [-0.25, -0.2) is 4.39 Å². The first-order valence-corrected chi connectivity index (χ1v) is 7.47. The normalized spacial score (nSPS) is 12.7. The Labute approximate surface area is 122 Å². The van der Waals surface area contributed by atoms with Crippen LogP contribution in [0.25, 0.3) is 0 Å².